The number of rotatable bonds is 1. The summed E-state index contributed by atoms with van der Waals surface area (Å²) < 4.78 is 17.8. The number of nitrogens with one attached hydrogen (secondary N) is 1. The second kappa shape index (κ2) is 2.97. The zero-order chi connectivity index (χ0) is 8.48. The number of nitrogens with zero attached hydrogens (tertiary/aromatic N) is 1. The third kappa shape index (κ3) is 2.32. The second-order valence-electron chi connectivity index (χ2n) is 1.80. The van der Waals surface area contributed by atoms with Crippen molar-refractivity contribution in [3.05, 3.63) is 23.5 Å². The molecule has 0 radical (unpaired) electrons. The van der Waals surface area contributed by atoms with Crippen molar-refractivity contribution < 1.29 is 4.21 Å². The lowest BCUT2D eigenvalue weighted by molar-refractivity contribution is 0.683. The summed E-state index contributed by atoms with van der Waals surface area (Å²) >= 11 is 5.45. The average Bonchev–Trinajstić information content (AvgIpc) is 1.86. The number of hydrogen-bond donors (Lipinski definition) is 1. The molecule has 1 N–H and O–H groups in total. The highest BCUT2D eigenvalue weighted by atomic mass is 35.7. The summed E-state index contributed by atoms with van der Waals surface area (Å²) in [7, 11) is 2.05. The Bertz CT molecular complexity index is 345. The van der Waals surface area contributed by atoms with Gasteiger partial charge in [0.1, 0.15) is 5.15 Å². The molecule has 0 saturated heterocycles. The summed E-state index contributed by atoms with van der Waals surface area (Å²) in [6.07, 6.45) is 1.23. The molecule has 60 valence electrons. The lowest BCUT2D eigenvalue weighted by Crippen LogP contribution is -1.88. The largest absolute Gasteiger partial charge is 0.243 e. The minimum absolute atomic E-state index is 0.170. The topological polar surface area (TPSA) is 53.8 Å². The molecule has 1 rings (SSSR count). The van der Waals surface area contributed by atoms with E-state index in [9.17, 15) is 4.21 Å². The zero-order valence-corrected chi connectivity index (χ0v) is 7.58. The molecule has 3 nitrogen and oxygen atoms in total. The van der Waals surface area contributed by atoms with Crippen LogP contribution in [0.15, 0.2) is 23.2 Å². The summed E-state index contributed by atoms with van der Waals surface area (Å²) in [5.41, 5.74) is 0. The first-order valence-electron chi connectivity index (χ1n) is 2.60. The normalized spacial score (nSPS) is 15.8. The SMILES string of the molecule is N=S(=O)(Cl)c1ccc(Cl)nc1. The lowest BCUT2D eigenvalue weighted by atomic mass is 10.5. The van der Waals surface area contributed by atoms with Crippen LogP contribution < -0.4 is 0 Å². The molecule has 0 amide bonds. The molecular formula is C5H4Cl2N2OS. The summed E-state index contributed by atoms with van der Waals surface area (Å²) in [6.45, 7) is 0. The molecule has 0 spiro atoms. The van der Waals surface area contributed by atoms with Crippen LogP contribution in [-0.2, 0) is 8.94 Å². The van der Waals surface area contributed by atoms with Gasteiger partial charge in [0, 0.05) is 16.9 Å². The van der Waals surface area contributed by atoms with Crippen molar-refractivity contribution >= 4 is 31.2 Å². The first-order chi connectivity index (χ1) is 5.00. The molecule has 0 bridgehead atoms. The Morgan fingerprint density at radius 3 is 2.55 bits per heavy atom. The van der Waals surface area contributed by atoms with E-state index in [4.69, 9.17) is 27.1 Å². The van der Waals surface area contributed by atoms with Gasteiger partial charge in [0.2, 0.25) is 0 Å². The molecule has 0 aliphatic heterocycles. The molecule has 1 aromatic rings. The standard InChI is InChI=1S/C5H4Cl2N2OS/c6-5-2-1-4(3-9-5)11(7,8)10/h1-3,8H. The van der Waals surface area contributed by atoms with Crippen molar-refractivity contribution in [2.75, 3.05) is 0 Å². The highest BCUT2D eigenvalue weighted by Crippen LogP contribution is 2.15. The van der Waals surface area contributed by atoms with Gasteiger partial charge < -0.3 is 0 Å². The molecule has 1 unspecified atom stereocenters. The van der Waals surface area contributed by atoms with E-state index in [1.165, 1.54) is 18.3 Å². The van der Waals surface area contributed by atoms with Gasteiger partial charge in [-0.15, -0.1) is 0 Å². The van der Waals surface area contributed by atoms with Crippen LogP contribution in [0.3, 0.4) is 0 Å². The maximum Gasteiger partial charge on any atom is 0.158 e. The van der Waals surface area contributed by atoms with E-state index in [0.29, 0.717) is 0 Å². The monoisotopic (exact) mass is 210 g/mol. The molecule has 6 heteroatoms. The Kier molecular flexibility index (Phi) is 2.37. The molecule has 1 atom stereocenters. The van der Waals surface area contributed by atoms with Crippen molar-refractivity contribution in [3.8, 4) is 0 Å². The van der Waals surface area contributed by atoms with Crippen LogP contribution in [0.1, 0.15) is 0 Å². The Morgan fingerprint density at radius 2 is 2.18 bits per heavy atom. The maximum atomic E-state index is 10.8. The Morgan fingerprint density at radius 1 is 1.55 bits per heavy atom. The predicted octanol–water partition coefficient (Wildman–Crippen LogP) is 2.29. The third-order valence-corrected chi connectivity index (χ3v) is 2.61. The average molecular weight is 211 g/mol. The van der Waals surface area contributed by atoms with Gasteiger partial charge in [-0.2, -0.15) is 0 Å². The van der Waals surface area contributed by atoms with Crippen LogP contribution in [0.2, 0.25) is 5.15 Å². The number of aromatic nitrogens is 1. The quantitative estimate of drug-likeness (QED) is 0.572. The van der Waals surface area contributed by atoms with Crippen molar-refractivity contribution in [2.24, 2.45) is 0 Å². The number of hydrogen-bond acceptors (Lipinski definition) is 3. The summed E-state index contributed by atoms with van der Waals surface area (Å²) in [4.78, 5) is 3.80. The van der Waals surface area contributed by atoms with E-state index in [1.54, 1.807) is 0 Å². The molecule has 0 aromatic carbocycles. The molecule has 11 heavy (non-hydrogen) atoms. The van der Waals surface area contributed by atoms with E-state index in [1.807, 2.05) is 0 Å². The van der Waals surface area contributed by atoms with Gasteiger partial charge in [-0.1, -0.05) is 11.6 Å². The van der Waals surface area contributed by atoms with Crippen molar-refractivity contribution in [3.63, 3.8) is 0 Å². The number of halogens is 2. The van der Waals surface area contributed by atoms with Crippen molar-refractivity contribution in [1.82, 2.24) is 4.98 Å². The Hall–Kier alpha value is -0.320. The lowest BCUT2D eigenvalue weighted by Gasteiger charge is -1.95. The van der Waals surface area contributed by atoms with Gasteiger partial charge in [0.15, 0.2) is 8.94 Å². The van der Waals surface area contributed by atoms with Crippen molar-refractivity contribution in [2.45, 2.75) is 4.90 Å². The van der Waals surface area contributed by atoms with Crippen LogP contribution >= 0.6 is 22.3 Å². The van der Waals surface area contributed by atoms with Crippen LogP contribution in [0.4, 0.5) is 0 Å². The zero-order valence-electron chi connectivity index (χ0n) is 5.25. The second-order valence-corrected chi connectivity index (χ2v) is 4.94. The van der Waals surface area contributed by atoms with Gasteiger partial charge in [0.25, 0.3) is 0 Å². The van der Waals surface area contributed by atoms with Gasteiger partial charge in [-0.05, 0) is 12.1 Å². The molecule has 0 aliphatic rings. The van der Waals surface area contributed by atoms with Crippen LogP contribution in [0.25, 0.3) is 0 Å². The Balaban J connectivity index is 3.20. The van der Waals surface area contributed by atoms with E-state index in [-0.39, 0.29) is 10.0 Å². The molecule has 1 aromatic heterocycles. The molecule has 0 aliphatic carbocycles. The van der Waals surface area contributed by atoms with Gasteiger partial charge in [-0.3, -0.25) is 0 Å². The first-order valence-corrected chi connectivity index (χ1v) is 5.36. The minimum atomic E-state index is -3.17. The molecule has 1 heterocycles. The van der Waals surface area contributed by atoms with E-state index >= 15 is 0 Å². The van der Waals surface area contributed by atoms with E-state index in [2.05, 4.69) is 4.98 Å². The fraction of sp³-hybridized carbons (Fsp3) is 0. The third-order valence-electron chi connectivity index (χ3n) is 1.00. The Labute approximate surface area is 73.8 Å². The molecular weight excluding hydrogens is 207 g/mol. The van der Waals surface area contributed by atoms with Crippen molar-refractivity contribution in [1.29, 1.82) is 4.78 Å². The maximum absolute atomic E-state index is 10.8. The van der Waals surface area contributed by atoms with Gasteiger partial charge >= 0.3 is 0 Å². The fourth-order valence-electron chi connectivity index (χ4n) is 0.518. The van der Waals surface area contributed by atoms with Crippen LogP contribution in [0, 0.1) is 4.78 Å². The number of pyridine rings is 1. The summed E-state index contributed by atoms with van der Waals surface area (Å²) in [5, 5.41) is 0.286. The highest BCUT2D eigenvalue weighted by Gasteiger charge is 2.04. The van der Waals surface area contributed by atoms with Gasteiger partial charge in [0.05, 0.1) is 4.90 Å². The first kappa shape index (κ1) is 8.77. The summed E-state index contributed by atoms with van der Waals surface area (Å²) in [5.74, 6) is 0. The fourth-order valence-corrected chi connectivity index (χ4v) is 1.33. The van der Waals surface area contributed by atoms with Crippen LogP contribution in [0.5, 0.6) is 0 Å². The van der Waals surface area contributed by atoms with E-state index < -0.39 is 8.94 Å². The molecule has 0 saturated carbocycles. The van der Waals surface area contributed by atoms with Crippen LogP contribution in [-0.4, -0.2) is 9.19 Å². The smallest absolute Gasteiger partial charge is 0.158 e. The highest BCUT2D eigenvalue weighted by molar-refractivity contribution is 8.14. The predicted molar refractivity (Wildman–Crippen MR) is 44.2 cm³/mol. The minimum Gasteiger partial charge on any atom is -0.243 e. The van der Waals surface area contributed by atoms with E-state index in [0.717, 1.165) is 0 Å². The van der Waals surface area contributed by atoms with Gasteiger partial charge in [-0.25, -0.2) is 14.0 Å². The summed E-state index contributed by atoms with van der Waals surface area (Å²) in [6, 6.07) is 2.85. The molecule has 0 fully saturated rings.